The van der Waals surface area contributed by atoms with Crippen molar-refractivity contribution in [2.24, 2.45) is 0 Å². The minimum Gasteiger partial charge on any atom is -0.337 e. The SMILES string of the molecule is c1ncc(-c2noc([C@@H]3CCCCN3)n2)s1. The molecule has 0 bridgehead atoms. The first-order valence-corrected chi connectivity index (χ1v) is 6.27. The number of piperidine rings is 1. The molecule has 0 spiro atoms. The van der Waals surface area contributed by atoms with E-state index < -0.39 is 0 Å². The van der Waals surface area contributed by atoms with Crippen molar-refractivity contribution in [3.05, 3.63) is 17.6 Å². The predicted molar refractivity (Wildman–Crippen MR) is 60.0 cm³/mol. The van der Waals surface area contributed by atoms with Gasteiger partial charge in [0.25, 0.3) is 0 Å². The van der Waals surface area contributed by atoms with Crippen LogP contribution >= 0.6 is 11.3 Å². The van der Waals surface area contributed by atoms with Crippen molar-refractivity contribution in [2.45, 2.75) is 25.3 Å². The van der Waals surface area contributed by atoms with Crippen molar-refractivity contribution < 1.29 is 4.52 Å². The summed E-state index contributed by atoms with van der Waals surface area (Å²) in [4.78, 5) is 9.36. The summed E-state index contributed by atoms with van der Waals surface area (Å²) in [5.41, 5.74) is 1.77. The van der Waals surface area contributed by atoms with Gasteiger partial charge in [0.05, 0.1) is 16.4 Å². The Morgan fingerprint density at radius 2 is 2.44 bits per heavy atom. The third-order valence-electron chi connectivity index (χ3n) is 2.70. The first-order valence-electron chi connectivity index (χ1n) is 5.39. The van der Waals surface area contributed by atoms with E-state index >= 15 is 0 Å². The molecule has 1 aliphatic rings. The third-order valence-corrected chi connectivity index (χ3v) is 3.47. The first-order chi connectivity index (χ1) is 7.93. The smallest absolute Gasteiger partial charge is 0.244 e. The van der Waals surface area contributed by atoms with Gasteiger partial charge >= 0.3 is 0 Å². The van der Waals surface area contributed by atoms with Crippen LogP contribution in [0.5, 0.6) is 0 Å². The number of hydrogen-bond donors (Lipinski definition) is 1. The lowest BCUT2D eigenvalue weighted by Gasteiger charge is -2.19. The molecule has 1 aliphatic heterocycles. The maximum absolute atomic E-state index is 5.28. The number of hydrogen-bond acceptors (Lipinski definition) is 6. The molecule has 84 valence electrons. The molecule has 5 nitrogen and oxygen atoms in total. The molecule has 0 aromatic carbocycles. The molecule has 0 unspecified atom stereocenters. The van der Waals surface area contributed by atoms with Crippen molar-refractivity contribution in [1.29, 1.82) is 0 Å². The van der Waals surface area contributed by atoms with E-state index in [2.05, 4.69) is 20.4 Å². The minimum atomic E-state index is 0.225. The highest BCUT2D eigenvalue weighted by atomic mass is 32.1. The van der Waals surface area contributed by atoms with Gasteiger partial charge in [0, 0.05) is 6.20 Å². The Balaban J connectivity index is 1.82. The van der Waals surface area contributed by atoms with E-state index in [1.165, 1.54) is 24.2 Å². The molecular weight excluding hydrogens is 224 g/mol. The lowest BCUT2D eigenvalue weighted by molar-refractivity contribution is 0.297. The normalized spacial score (nSPS) is 21.1. The fourth-order valence-electron chi connectivity index (χ4n) is 1.87. The zero-order chi connectivity index (χ0) is 10.8. The van der Waals surface area contributed by atoms with Gasteiger partial charge in [-0.15, -0.1) is 11.3 Å². The van der Waals surface area contributed by atoms with Crippen molar-refractivity contribution in [2.75, 3.05) is 6.54 Å². The Morgan fingerprint density at radius 3 is 3.19 bits per heavy atom. The largest absolute Gasteiger partial charge is 0.337 e. The zero-order valence-electron chi connectivity index (χ0n) is 8.72. The average molecular weight is 236 g/mol. The van der Waals surface area contributed by atoms with E-state index in [4.69, 9.17) is 4.52 Å². The molecule has 16 heavy (non-hydrogen) atoms. The summed E-state index contributed by atoms with van der Waals surface area (Å²) < 4.78 is 5.28. The van der Waals surface area contributed by atoms with Crippen LogP contribution in [-0.4, -0.2) is 21.7 Å². The van der Waals surface area contributed by atoms with E-state index in [0.717, 1.165) is 17.8 Å². The molecule has 6 heteroatoms. The summed E-state index contributed by atoms with van der Waals surface area (Å²) in [5.74, 6) is 1.34. The molecule has 1 saturated heterocycles. The van der Waals surface area contributed by atoms with Crippen molar-refractivity contribution in [3.63, 3.8) is 0 Å². The standard InChI is InChI=1S/C10H12N4OS/c1-2-4-12-7(3-1)10-13-9(14-15-10)8-5-11-6-16-8/h5-7,12H,1-4H2/t7-/m0/s1. The van der Waals surface area contributed by atoms with E-state index in [0.29, 0.717) is 11.7 Å². The van der Waals surface area contributed by atoms with Crippen LogP contribution < -0.4 is 5.32 Å². The van der Waals surface area contributed by atoms with Gasteiger partial charge in [-0.25, -0.2) is 0 Å². The second-order valence-electron chi connectivity index (χ2n) is 3.82. The van der Waals surface area contributed by atoms with Gasteiger partial charge in [0.15, 0.2) is 0 Å². The molecule has 0 aliphatic carbocycles. The fourth-order valence-corrected chi connectivity index (χ4v) is 2.41. The second-order valence-corrected chi connectivity index (χ2v) is 4.71. The molecule has 0 saturated carbocycles. The Hall–Kier alpha value is -1.27. The summed E-state index contributed by atoms with van der Waals surface area (Å²) in [6.45, 7) is 1.03. The van der Waals surface area contributed by atoms with Crippen LogP contribution in [0.4, 0.5) is 0 Å². The van der Waals surface area contributed by atoms with Crippen LogP contribution in [0.25, 0.3) is 10.7 Å². The van der Waals surface area contributed by atoms with Crippen LogP contribution in [0.15, 0.2) is 16.2 Å². The summed E-state index contributed by atoms with van der Waals surface area (Å²) >= 11 is 1.52. The lowest BCUT2D eigenvalue weighted by atomic mass is 10.1. The Labute approximate surface area is 96.9 Å². The molecule has 2 aromatic heterocycles. The van der Waals surface area contributed by atoms with Gasteiger partial charge < -0.3 is 9.84 Å². The summed E-state index contributed by atoms with van der Waals surface area (Å²) in [6, 6.07) is 0.225. The number of thiazole rings is 1. The number of nitrogens with zero attached hydrogens (tertiary/aromatic N) is 3. The van der Waals surface area contributed by atoms with Gasteiger partial charge in [-0.2, -0.15) is 4.98 Å². The third kappa shape index (κ3) is 1.85. The van der Waals surface area contributed by atoms with Crippen LogP contribution in [0.1, 0.15) is 31.2 Å². The highest BCUT2D eigenvalue weighted by molar-refractivity contribution is 7.13. The minimum absolute atomic E-state index is 0.225. The molecule has 3 rings (SSSR count). The summed E-state index contributed by atoms with van der Waals surface area (Å²) in [6.07, 6.45) is 5.28. The summed E-state index contributed by atoms with van der Waals surface area (Å²) in [7, 11) is 0. The van der Waals surface area contributed by atoms with E-state index in [1.807, 2.05) is 0 Å². The van der Waals surface area contributed by atoms with Crippen LogP contribution in [0.3, 0.4) is 0 Å². The van der Waals surface area contributed by atoms with Crippen LogP contribution in [-0.2, 0) is 0 Å². The zero-order valence-corrected chi connectivity index (χ0v) is 9.54. The molecule has 3 heterocycles. The lowest BCUT2D eigenvalue weighted by Crippen LogP contribution is -2.26. The summed E-state index contributed by atoms with van der Waals surface area (Å²) in [5, 5.41) is 7.36. The topological polar surface area (TPSA) is 63.8 Å². The number of aromatic nitrogens is 3. The van der Waals surface area contributed by atoms with E-state index in [9.17, 15) is 0 Å². The first kappa shape index (κ1) is 9.92. The second kappa shape index (κ2) is 4.31. The Kier molecular flexibility index (Phi) is 2.67. The van der Waals surface area contributed by atoms with Gasteiger partial charge in [0.1, 0.15) is 0 Å². The van der Waals surface area contributed by atoms with Gasteiger partial charge in [-0.3, -0.25) is 4.98 Å². The quantitative estimate of drug-likeness (QED) is 0.864. The van der Waals surface area contributed by atoms with Gasteiger partial charge in [-0.05, 0) is 19.4 Å². The monoisotopic (exact) mass is 236 g/mol. The average Bonchev–Trinajstić information content (AvgIpc) is 3.01. The van der Waals surface area contributed by atoms with E-state index in [-0.39, 0.29) is 6.04 Å². The van der Waals surface area contributed by atoms with Gasteiger partial charge in [0.2, 0.25) is 11.7 Å². The molecule has 1 atom stereocenters. The maximum atomic E-state index is 5.28. The molecule has 1 N–H and O–H groups in total. The van der Waals surface area contributed by atoms with E-state index in [1.54, 1.807) is 11.7 Å². The highest BCUT2D eigenvalue weighted by Crippen LogP contribution is 2.25. The molecule has 1 fully saturated rings. The molecule has 0 amide bonds. The Bertz CT molecular complexity index is 447. The van der Waals surface area contributed by atoms with Crippen LogP contribution in [0.2, 0.25) is 0 Å². The highest BCUT2D eigenvalue weighted by Gasteiger charge is 2.21. The molecule has 0 radical (unpaired) electrons. The van der Waals surface area contributed by atoms with Crippen molar-refractivity contribution >= 4 is 11.3 Å². The Morgan fingerprint density at radius 1 is 1.44 bits per heavy atom. The van der Waals surface area contributed by atoms with Gasteiger partial charge in [-0.1, -0.05) is 11.6 Å². The van der Waals surface area contributed by atoms with Crippen LogP contribution in [0, 0.1) is 0 Å². The molecule has 2 aromatic rings. The van der Waals surface area contributed by atoms with Crippen molar-refractivity contribution in [1.82, 2.24) is 20.4 Å². The molecular formula is C10H12N4OS. The predicted octanol–water partition coefficient (Wildman–Crippen LogP) is 2.01. The number of rotatable bonds is 2. The van der Waals surface area contributed by atoms with Crippen molar-refractivity contribution in [3.8, 4) is 10.7 Å². The maximum Gasteiger partial charge on any atom is 0.244 e. The number of nitrogens with one attached hydrogen (secondary N) is 1. The fraction of sp³-hybridized carbons (Fsp3) is 0.500.